The second kappa shape index (κ2) is 7.89. The number of nitrogens with zero attached hydrogens (tertiary/aromatic N) is 2. The fraction of sp³-hybridized carbons (Fsp3) is 0.462. The van der Waals surface area contributed by atoms with Crippen LogP contribution in [0.3, 0.4) is 0 Å². The van der Waals surface area contributed by atoms with E-state index in [9.17, 15) is 0 Å². The molecule has 18 heavy (non-hydrogen) atoms. The Bertz CT molecular complexity index is 379. The normalized spacial score (nSPS) is 15.1. The molecule has 2 rings (SSSR count). The van der Waals surface area contributed by atoms with Crippen molar-refractivity contribution in [2.75, 3.05) is 19.3 Å². The monoisotopic (exact) mass is 377 g/mol. The minimum Gasteiger partial charge on any atom is -0.370 e. The number of rotatable bonds is 5. The van der Waals surface area contributed by atoms with E-state index in [0.717, 1.165) is 12.3 Å². The lowest BCUT2D eigenvalue weighted by Crippen LogP contribution is -2.35. The smallest absolute Gasteiger partial charge is 0.191 e. The second-order valence-electron chi connectivity index (χ2n) is 4.24. The lowest BCUT2D eigenvalue weighted by Gasteiger charge is -2.16. The van der Waals surface area contributed by atoms with Crippen molar-refractivity contribution in [3.63, 3.8) is 0 Å². The molecule has 0 radical (unpaired) electrons. The third-order valence-corrected chi connectivity index (χ3v) is 3.83. The Morgan fingerprint density at radius 3 is 2.67 bits per heavy atom. The number of halogens is 1. The van der Waals surface area contributed by atoms with E-state index in [4.69, 9.17) is 5.73 Å². The molecular weight excluding hydrogens is 357 g/mol. The minimum atomic E-state index is 0. The molecule has 0 aromatic heterocycles. The summed E-state index contributed by atoms with van der Waals surface area (Å²) in [4.78, 5) is 7.78. The Hall–Kier alpha value is -0.430. The van der Waals surface area contributed by atoms with Gasteiger partial charge < -0.3 is 10.6 Å². The first kappa shape index (κ1) is 15.6. The van der Waals surface area contributed by atoms with E-state index in [2.05, 4.69) is 34.2 Å². The fourth-order valence-corrected chi connectivity index (χ4v) is 2.37. The highest BCUT2D eigenvalue weighted by Gasteiger charge is 2.27. The highest BCUT2D eigenvalue weighted by Crippen LogP contribution is 2.24. The minimum absolute atomic E-state index is 0. The number of hydrogen-bond acceptors (Lipinski definition) is 2. The van der Waals surface area contributed by atoms with Crippen molar-refractivity contribution >= 4 is 41.7 Å². The molecule has 0 bridgehead atoms. The maximum atomic E-state index is 5.90. The van der Waals surface area contributed by atoms with Crippen LogP contribution in [0.25, 0.3) is 0 Å². The van der Waals surface area contributed by atoms with Gasteiger partial charge in [0, 0.05) is 23.7 Å². The molecule has 1 fully saturated rings. The van der Waals surface area contributed by atoms with Gasteiger partial charge in [-0.05, 0) is 25.0 Å². The van der Waals surface area contributed by atoms with Gasteiger partial charge in [-0.25, -0.2) is 0 Å². The molecule has 1 aromatic carbocycles. The molecule has 2 N–H and O–H groups in total. The van der Waals surface area contributed by atoms with Crippen LogP contribution in [0.1, 0.15) is 12.8 Å². The molecule has 0 aliphatic heterocycles. The van der Waals surface area contributed by atoms with Gasteiger partial charge >= 0.3 is 0 Å². The summed E-state index contributed by atoms with van der Waals surface area (Å²) in [6, 6.07) is 11.0. The lowest BCUT2D eigenvalue weighted by atomic mass is 10.4. The summed E-state index contributed by atoms with van der Waals surface area (Å²) in [5.41, 5.74) is 5.90. The third kappa shape index (κ3) is 5.06. The Morgan fingerprint density at radius 2 is 2.06 bits per heavy atom. The molecular formula is C13H20IN3S. The van der Waals surface area contributed by atoms with Crippen LogP contribution in [-0.2, 0) is 0 Å². The number of aliphatic imine (C=N–C) groups is 1. The first-order valence-corrected chi connectivity index (χ1v) is 6.96. The molecule has 0 unspecified atom stereocenters. The van der Waals surface area contributed by atoms with Crippen molar-refractivity contribution in [3.8, 4) is 0 Å². The van der Waals surface area contributed by atoms with Gasteiger partial charge in [0.05, 0.1) is 6.54 Å². The van der Waals surface area contributed by atoms with Gasteiger partial charge in [0.15, 0.2) is 5.96 Å². The molecule has 3 nitrogen and oxygen atoms in total. The number of hydrogen-bond donors (Lipinski definition) is 1. The molecule has 1 aromatic rings. The molecule has 0 amide bonds. The number of guanidine groups is 1. The second-order valence-corrected chi connectivity index (χ2v) is 5.41. The summed E-state index contributed by atoms with van der Waals surface area (Å²) in [7, 11) is 2.03. The number of thioether (sulfide) groups is 1. The van der Waals surface area contributed by atoms with Crippen molar-refractivity contribution in [2.45, 2.75) is 23.8 Å². The van der Waals surface area contributed by atoms with Crippen molar-refractivity contribution in [1.29, 1.82) is 0 Å². The van der Waals surface area contributed by atoms with Crippen molar-refractivity contribution in [3.05, 3.63) is 30.3 Å². The van der Waals surface area contributed by atoms with E-state index in [-0.39, 0.29) is 24.0 Å². The van der Waals surface area contributed by atoms with E-state index in [1.54, 1.807) is 0 Å². The van der Waals surface area contributed by atoms with Gasteiger partial charge in [0.2, 0.25) is 0 Å². The van der Waals surface area contributed by atoms with Crippen LogP contribution in [0.5, 0.6) is 0 Å². The zero-order valence-electron chi connectivity index (χ0n) is 10.6. The average molecular weight is 377 g/mol. The molecule has 0 saturated heterocycles. The molecule has 0 atom stereocenters. The summed E-state index contributed by atoms with van der Waals surface area (Å²) in [5, 5.41) is 0. The number of nitrogens with two attached hydrogens (primary N) is 1. The van der Waals surface area contributed by atoms with Gasteiger partial charge in [0.1, 0.15) is 0 Å². The molecule has 5 heteroatoms. The van der Waals surface area contributed by atoms with Gasteiger partial charge in [-0.15, -0.1) is 35.7 Å². The molecule has 1 aliphatic rings. The average Bonchev–Trinajstić information content (AvgIpc) is 3.19. The van der Waals surface area contributed by atoms with Gasteiger partial charge in [-0.3, -0.25) is 4.99 Å². The molecule has 100 valence electrons. The molecule has 0 spiro atoms. The van der Waals surface area contributed by atoms with Crippen LogP contribution in [0, 0.1) is 0 Å². The van der Waals surface area contributed by atoms with Gasteiger partial charge in [-0.1, -0.05) is 18.2 Å². The number of benzene rings is 1. The zero-order valence-corrected chi connectivity index (χ0v) is 13.7. The highest BCUT2D eigenvalue weighted by atomic mass is 127. The van der Waals surface area contributed by atoms with Gasteiger partial charge in [0.25, 0.3) is 0 Å². The van der Waals surface area contributed by atoms with E-state index in [0.29, 0.717) is 12.0 Å². The largest absolute Gasteiger partial charge is 0.370 e. The third-order valence-electron chi connectivity index (χ3n) is 2.83. The van der Waals surface area contributed by atoms with Crippen LogP contribution in [-0.4, -0.2) is 36.2 Å². The Morgan fingerprint density at radius 1 is 1.39 bits per heavy atom. The van der Waals surface area contributed by atoms with E-state index in [1.165, 1.54) is 17.7 Å². The van der Waals surface area contributed by atoms with E-state index in [1.807, 2.05) is 24.9 Å². The Labute approximate surface area is 130 Å². The van der Waals surface area contributed by atoms with E-state index < -0.39 is 0 Å². The van der Waals surface area contributed by atoms with E-state index >= 15 is 0 Å². The standard InChI is InChI=1S/C13H19N3S.HI/c1-16(11-7-8-11)13(14)15-9-10-17-12-5-3-2-4-6-12;/h2-6,11H,7-10H2,1H3,(H2,14,15);1H. The van der Waals surface area contributed by atoms with Crippen LogP contribution in [0.4, 0.5) is 0 Å². The SMILES string of the molecule is CN(C(N)=NCCSc1ccccc1)C1CC1.I. The maximum absolute atomic E-state index is 5.90. The van der Waals surface area contributed by atoms with Crippen molar-refractivity contribution in [2.24, 2.45) is 10.7 Å². The lowest BCUT2D eigenvalue weighted by molar-refractivity contribution is 0.488. The summed E-state index contributed by atoms with van der Waals surface area (Å²) < 4.78 is 0. The predicted molar refractivity (Wildman–Crippen MR) is 89.9 cm³/mol. The Kier molecular flexibility index (Phi) is 6.85. The summed E-state index contributed by atoms with van der Waals surface area (Å²) >= 11 is 1.82. The molecule has 1 saturated carbocycles. The molecule has 0 heterocycles. The predicted octanol–water partition coefficient (Wildman–Crippen LogP) is 2.81. The topological polar surface area (TPSA) is 41.6 Å². The van der Waals surface area contributed by atoms with Crippen molar-refractivity contribution < 1.29 is 0 Å². The van der Waals surface area contributed by atoms with Crippen LogP contribution in [0.2, 0.25) is 0 Å². The first-order valence-electron chi connectivity index (χ1n) is 5.98. The van der Waals surface area contributed by atoms with Crippen molar-refractivity contribution in [1.82, 2.24) is 4.90 Å². The first-order chi connectivity index (χ1) is 8.27. The van der Waals surface area contributed by atoms with Gasteiger partial charge in [-0.2, -0.15) is 0 Å². The summed E-state index contributed by atoms with van der Waals surface area (Å²) in [6.45, 7) is 0.780. The zero-order chi connectivity index (χ0) is 12.1. The molecule has 1 aliphatic carbocycles. The summed E-state index contributed by atoms with van der Waals surface area (Å²) in [5.74, 6) is 1.66. The Balaban J connectivity index is 0.00000162. The quantitative estimate of drug-likeness (QED) is 0.282. The van der Waals surface area contributed by atoms with Crippen LogP contribution in [0.15, 0.2) is 40.2 Å². The fourth-order valence-electron chi connectivity index (χ4n) is 1.60. The van der Waals surface area contributed by atoms with Crippen LogP contribution < -0.4 is 5.73 Å². The maximum Gasteiger partial charge on any atom is 0.191 e. The van der Waals surface area contributed by atoms with Crippen LogP contribution >= 0.6 is 35.7 Å². The highest BCUT2D eigenvalue weighted by molar-refractivity contribution is 14.0. The summed E-state index contributed by atoms with van der Waals surface area (Å²) in [6.07, 6.45) is 2.51.